The number of ether oxygens (including phenoxy) is 1. The summed E-state index contributed by atoms with van der Waals surface area (Å²) in [6, 6.07) is 7.24. The van der Waals surface area contributed by atoms with Gasteiger partial charge < -0.3 is 4.74 Å². The van der Waals surface area contributed by atoms with Crippen LogP contribution in [0.5, 0.6) is 0 Å². The van der Waals surface area contributed by atoms with Gasteiger partial charge in [0.1, 0.15) is 0 Å². The van der Waals surface area contributed by atoms with Gasteiger partial charge >= 0.3 is 5.97 Å². The second kappa shape index (κ2) is 7.21. The molecule has 0 N–H and O–H groups in total. The monoisotopic (exact) mass is 380 g/mol. The molecule has 2 heteroatoms. The molecule has 0 unspecified atom stereocenters. The largest absolute Gasteiger partial charge is 0.463 e. The van der Waals surface area contributed by atoms with Crippen molar-refractivity contribution < 1.29 is 9.53 Å². The topological polar surface area (TPSA) is 26.3 Å². The summed E-state index contributed by atoms with van der Waals surface area (Å²) in [5.41, 5.74) is 6.18. The van der Waals surface area contributed by atoms with Crippen molar-refractivity contribution in [3.05, 3.63) is 58.7 Å². The highest BCUT2D eigenvalue weighted by molar-refractivity contribution is 5.83. The molecule has 2 aliphatic carbocycles. The molecule has 2 nitrogen and oxygen atoms in total. The van der Waals surface area contributed by atoms with Crippen LogP contribution in [0.1, 0.15) is 84.4 Å². The molecule has 1 aromatic rings. The highest BCUT2D eigenvalue weighted by atomic mass is 16.5. The van der Waals surface area contributed by atoms with Crippen LogP contribution in [-0.4, -0.2) is 12.6 Å². The lowest BCUT2D eigenvalue weighted by Crippen LogP contribution is -2.34. The predicted molar refractivity (Wildman–Crippen MR) is 117 cm³/mol. The van der Waals surface area contributed by atoms with Gasteiger partial charge in [-0.3, -0.25) is 0 Å². The lowest BCUT2D eigenvalue weighted by Gasteiger charge is -2.42. The molecule has 0 aliphatic heterocycles. The fraction of sp³-hybridized carbons (Fsp3) is 0.577. The Morgan fingerprint density at radius 1 is 1.11 bits per heavy atom. The number of fused-ring (bicyclic) bond motifs is 1. The Morgan fingerprint density at radius 2 is 1.75 bits per heavy atom. The van der Waals surface area contributed by atoms with Crippen molar-refractivity contribution in [3.8, 4) is 0 Å². The second-order valence-electron chi connectivity index (χ2n) is 10.3. The number of benzene rings is 1. The Hall–Kier alpha value is -1.83. The number of carbonyl (C=O) groups is 1. The zero-order chi connectivity index (χ0) is 20.7. The van der Waals surface area contributed by atoms with E-state index in [1.807, 2.05) is 13.8 Å². The summed E-state index contributed by atoms with van der Waals surface area (Å²) in [6.07, 6.45) is 9.56. The number of allylic oxidation sites excluding steroid dienone is 3. The Morgan fingerprint density at radius 3 is 2.39 bits per heavy atom. The van der Waals surface area contributed by atoms with Gasteiger partial charge in [-0.05, 0) is 77.5 Å². The molecule has 2 aliphatic rings. The average Bonchev–Trinajstić information content (AvgIpc) is 3.29. The van der Waals surface area contributed by atoms with Gasteiger partial charge in [-0.1, -0.05) is 65.0 Å². The van der Waals surface area contributed by atoms with E-state index < -0.39 is 0 Å². The molecule has 1 saturated carbocycles. The van der Waals surface area contributed by atoms with E-state index in [2.05, 4.69) is 65.0 Å². The number of hydrogen-bond acceptors (Lipinski definition) is 2. The van der Waals surface area contributed by atoms with Crippen molar-refractivity contribution in [2.24, 2.45) is 5.92 Å². The lowest BCUT2D eigenvalue weighted by atomic mass is 9.62. The third kappa shape index (κ3) is 3.97. The van der Waals surface area contributed by atoms with E-state index in [0.717, 1.165) is 5.57 Å². The maximum Gasteiger partial charge on any atom is 0.330 e. The molecule has 0 radical (unpaired) electrons. The van der Waals surface area contributed by atoms with Crippen LogP contribution >= 0.6 is 0 Å². The van der Waals surface area contributed by atoms with Gasteiger partial charge in [-0.15, -0.1) is 0 Å². The van der Waals surface area contributed by atoms with Gasteiger partial charge in [0.05, 0.1) is 6.61 Å². The maximum absolute atomic E-state index is 11.6. The first-order valence-corrected chi connectivity index (χ1v) is 10.7. The van der Waals surface area contributed by atoms with Crippen LogP contribution in [0.2, 0.25) is 0 Å². The SMILES string of the molecule is CCOC(=O)/C=C(C)/C=C/[C@H]1C[C@@]1(C)c1ccc2c(c1)C(C)(C)CCC2(C)C. The molecule has 0 spiro atoms. The van der Waals surface area contributed by atoms with Gasteiger partial charge in [0.25, 0.3) is 0 Å². The first kappa shape index (κ1) is 20.9. The first-order valence-electron chi connectivity index (χ1n) is 10.7. The van der Waals surface area contributed by atoms with Crippen molar-refractivity contribution in [1.29, 1.82) is 0 Å². The molecule has 0 aromatic heterocycles. The van der Waals surface area contributed by atoms with Crippen molar-refractivity contribution in [2.45, 2.75) is 84.0 Å². The van der Waals surface area contributed by atoms with Gasteiger partial charge in [0.15, 0.2) is 0 Å². The van der Waals surface area contributed by atoms with E-state index >= 15 is 0 Å². The van der Waals surface area contributed by atoms with E-state index in [-0.39, 0.29) is 22.2 Å². The average molecular weight is 381 g/mol. The van der Waals surface area contributed by atoms with Gasteiger partial charge in [0, 0.05) is 6.08 Å². The first-order chi connectivity index (χ1) is 13.0. The van der Waals surface area contributed by atoms with Crippen LogP contribution in [0, 0.1) is 5.92 Å². The number of carbonyl (C=O) groups excluding carboxylic acids is 1. The van der Waals surface area contributed by atoms with Gasteiger partial charge in [-0.25, -0.2) is 4.79 Å². The van der Waals surface area contributed by atoms with E-state index in [1.54, 1.807) is 6.08 Å². The summed E-state index contributed by atoms with van der Waals surface area (Å²) in [5.74, 6) is 0.263. The van der Waals surface area contributed by atoms with Crippen molar-refractivity contribution >= 4 is 5.97 Å². The summed E-state index contributed by atoms with van der Waals surface area (Å²) in [6.45, 7) is 16.1. The van der Waals surface area contributed by atoms with Crippen molar-refractivity contribution in [1.82, 2.24) is 0 Å². The zero-order valence-electron chi connectivity index (χ0n) is 18.7. The van der Waals surface area contributed by atoms with Gasteiger partial charge in [-0.2, -0.15) is 0 Å². The van der Waals surface area contributed by atoms with Gasteiger partial charge in [0.2, 0.25) is 0 Å². The van der Waals surface area contributed by atoms with E-state index in [9.17, 15) is 4.79 Å². The van der Waals surface area contributed by atoms with Crippen LogP contribution in [0.4, 0.5) is 0 Å². The second-order valence-corrected chi connectivity index (χ2v) is 10.3. The highest BCUT2D eigenvalue weighted by Gasteiger charge is 2.50. The molecule has 1 fully saturated rings. The molecule has 0 amide bonds. The van der Waals surface area contributed by atoms with Crippen molar-refractivity contribution in [2.75, 3.05) is 6.61 Å². The summed E-state index contributed by atoms with van der Waals surface area (Å²) < 4.78 is 4.99. The maximum atomic E-state index is 11.6. The fourth-order valence-corrected chi connectivity index (χ4v) is 4.64. The predicted octanol–water partition coefficient (Wildman–Crippen LogP) is 6.38. The summed E-state index contributed by atoms with van der Waals surface area (Å²) in [5, 5.41) is 0. The van der Waals surface area contributed by atoms with Crippen LogP contribution in [0.15, 0.2) is 42.0 Å². The van der Waals surface area contributed by atoms with Crippen LogP contribution in [0.3, 0.4) is 0 Å². The fourth-order valence-electron chi connectivity index (χ4n) is 4.64. The molecule has 0 saturated heterocycles. The Kier molecular flexibility index (Phi) is 5.38. The molecular weight excluding hydrogens is 344 g/mol. The molecule has 0 heterocycles. The third-order valence-corrected chi connectivity index (χ3v) is 7.04. The minimum Gasteiger partial charge on any atom is -0.463 e. The Labute approximate surface area is 171 Å². The van der Waals surface area contributed by atoms with Crippen LogP contribution in [-0.2, 0) is 25.8 Å². The Bertz CT molecular complexity index is 825. The summed E-state index contributed by atoms with van der Waals surface area (Å²) >= 11 is 0. The smallest absolute Gasteiger partial charge is 0.330 e. The molecule has 3 rings (SSSR count). The number of rotatable bonds is 5. The number of hydrogen-bond donors (Lipinski definition) is 0. The summed E-state index contributed by atoms with van der Waals surface area (Å²) in [7, 11) is 0. The summed E-state index contributed by atoms with van der Waals surface area (Å²) in [4.78, 5) is 11.6. The minimum atomic E-state index is -0.261. The zero-order valence-corrected chi connectivity index (χ0v) is 18.7. The standard InChI is InChI=1S/C26H36O2/c1-8-28-23(27)15-18(2)9-10-20-17-26(20,7)19-11-12-21-22(16-19)25(5,6)14-13-24(21,3)4/h9-12,15-16,20H,8,13-14,17H2,1-7H3/b10-9+,18-15+/t20-,26-/m0/s1. The molecule has 2 atom stereocenters. The normalized spacial score (nSPS) is 28.1. The third-order valence-electron chi connectivity index (χ3n) is 7.04. The number of esters is 1. The molecule has 28 heavy (non-hydrogen) atoms. The lowest BCUT2D eigenvalue weighted by molar-refractivity contribution is -0.137. The molecule has 152 valence electrons. The minimum absolute atomic E-state index is 0.202. The highest BCUT2D eigenvalue weighted by Crippen LogP contribution is 2.56. The molecule has 0 bridgehead atoms. The molecule has 1 aromatic carbocycles. The van der Waals surface area contributed by atoms with Crippen molar-refractivity contribution in [3.63, 3.8) is 0 Å². The van der Waals surface area contributed by atoms with E-state index in [1.165, 1.54) is 36.0 Å². The van der Waals surface area contributed by atoms with E-state index in [4.69, 9.17) is 4.74 Å². The quantitative estimate of drug-likeness (QED) is 0.336. The molecular formula is C26H36O2. The van der Waals surface area contributed by atoms with Crippen LogP contribution in [0.25, 0.3) is 0 Å². The van der Waals surface area contributed by atoms with E-state index in [0.29, 0.717) is 12.5 Å². The van der Waals surface area contributed by atoms with Crippen LogP contribution < -0.4 is 0 Å². The Balaban J connectivity index is 1.80.